The zero-order valence-corrected chi connectivity index (χ0v) is 21.2. The molecule has 12 heteroatoms. The summed E-state index contributed by atoms with van der Waals surface area (Å²) in [5, 5.41) is 10.5. The number of esters is 2. The first-order valence-electron chi connectivity index (χ1n) is 11.6. The maximum absolute atomic E-state index is 13.1. The minimum Gasteiger partial charge on any atom is -0.507 e. The lowest BCUT2D eigenvalue weighted by molar-refractivity contribution is -0.146. The number of ketones is 2. The van der Waals surface area contributed by atoms with Gasteiger partial charge < -0.3 is 34.7 Å². The summed E-state index contributed by atoms with van der Waals surface area (Å²) in [5.74, 6) is -3.55. The monoisotopic (exact) mass is 532 g/mol. The molecule has 1 aromatic rings. The van der Waals surface area contributed by atoms with E-state index in [9.17, 15) is 24.3 Å². The lowest BCUT2D eigenvalue weighted by atomic mass is 9.83. The number of hydrogen-bond acceptors (Lipinski definition) is 11. The van der Waals surface area contributed by atoms with E-state index in [4.69, 9.17) is 36.9 Å². The zero-order chi connectivity index (χ0) is 27.1. The maximum Gasteiger partial charge on any atom is 0.344 e. The predicted octanol–water partition coefficient (Wildman–Crippen LogP) is 1.32. The van der Waals surface area contributed by atoms with Crippen molar-refractivity contribution < 1.29 is 43.2 Å². The van der Waals surface area contributed by atoms with Gasteiger partial charge in [-0.2, -0.15) is 0 Å². The molecule has 37 heavy (non-hydrogen) atoms. The van der Waals surface area contributed by atoms with Gasteiger partial charge in [-0.1, -0.05) is 24.4 Å². The normalized spacial score (nSPS) is 18.1. The fraction of sp³-hybridized carbons (Fsp3) is 0.400. The number of allylic oxidation sites excluding steroid dienone is 1. The number of nitrogens with zero attached hydrogens (tertiary/aromatic N) is 1. The Bertz CT molecular complexity index is 1160. The van der Waals surface area contributed by atoms with Crippen LogP contribution >= 0.6 is 12.2 Å². The topological polar surface area (TPSA) is 155 Å². The summed E-state index contributed by atoms with van der Waals surface area (Å²) >= 11 is 4.96. The number of carbonyl (C=O) groups excluding carboxylic acids is 4. The number of aromatic hydroxyl groups is 1. The third-order valence-corrected chi connectivity index (χ3v) is 5.85. The van der Waals surface area contributed by atoms with Crippen molar-refractivity contribution in [2.24, 2.45) is 17.6 Å². The first-order chi connectivity index (χ1) is 17.6. The van der Waals surface area contributed by atoms with Crippen molar-refractivity contribution in [3.8, 4) is 17.2 Å². The summed E-state index contributed by atoms with van der Waals surface area (Å²) in [6.07, 6.45) is 5.12. The van der Waals surface area contributed by atoms with E-state index in [1.807, 2.05) is 0 Å². The van der Waals surface area contributed by atoms with Gasteiger partial charge in [-0.25, -0.2) is 9.59 Å². The molecule has 0 radical (unpaired) electrons. The van der Waals surface area contributed by atoms with Crippen LogP contribution in [0.2, 0.25) is 0 Å². The predicted molar refractivity (Wildman–Crippen MR) is 134 cm³/mol. The second kappa shape index (κ2) is 12.3. The number of hydrogen-bond donors (Lipinski definition) is 2. The highest BCUT2D eigenvalue weighted by atomic mass is 32.1. The number of Topliss-reactive ketones (excluding diaryl/α,β-unsaturated/α-hetero) is 2. The van der Waals surface area contributed by atoms with Crippen LogP contribution in [0.3, 0.4) is 0 Å². The van der Waals surface area contributed by atoms with Gasteiger partial charge in [-0.15, -0.1) is 0 Å². The lowest BCUT2D eigenvalue weighted by Gasteiger charge is -2.22. The van der Waals surface area contributed by atoms with E-state index in [0.29, 0.717) is 0 Å². The molecule has 0 amide bonds. The molecule has 1 aromatic carbocycles. The lowest BCUT2D eigenvalue weighted by Crippen LogP contribution is -2.37. The molecule has 1 heterocycles. The van der Waals surface area contributed by atoms with Crippen LogP contribution in [0, 0.1) is 11.8 Å². The standard InChI is InChI=1S/C25H28N2O9S/c1-3-33-22(30)12-35-20-7-16(18(28)8-21(20)36-13-23(31)34-4-2)19(29)11-27-9-14-5-6-15(25(26)37)24(32)17(14)10-27/h5-9,15,17,28H,3-4,10-13H2,1-2H3,(H2,26,37). The number of carbonyl (C=O) groups is 4. The first-order valence-corrected chi connectivity index (χ1v) is 12.0. The van der Waals surface area contributed by atoms with Crippen molar-refractivity contribution in [1.82, 2.24) is 4.90 Å². The van der Waals surface area contributed by atoms with Gasteiger partial charge in [-0.3, -0.25) is 9.59 Å². The Labute approximate surface area is 218 Å². The third-order valence-electron chi connectivity index (χ3n) is 5.60. The quantitative estimate of drug-likeness (QED) is 0.227. The van der Waals surface area contributed by atoms with Crippen LogP contribution < -0.4 is 15.2 Å². The van der Waals surface area contributed by atoms with E-state index in [1.165, 1.54) is 6.07 Å². The van der Waals surface area contributed by atoms with E-state index < -0.39 is 48.5 Å². The molecule has 0 spiro atoms. The van der Waals surface area contributed by atoms with E-state index in [1.54, 1.807) is 37.1 Å². The fourth-order valence-corrected chi connectivity index (χ4v) is 4.11. The van der Waals surface area contributed by atoms with Crippen molar-refractivity contribution >= 4 is 40.7 Å². The second-order valence-electron chi connectivity index (χ2n) is 8.18. The molecule has 3 N–H and O–H groups in total. The summed E-state index contributed by atoms with van der Waals surface area (Å²) in [7, 11) is 0. The van der Waals surface area contributed by atoms with E-state index in [2.05, 4.69) is 0 Å². The van der Waals surface area contributed by atoms with Gasteiger partial charge in [0.2, 0.25) is 0 Å². The summed E-state index contributed by atoms with van der Waals surface area (Å²) in [5.41, 5.74) is 6.30. The molecule has 2 atom stereocenters. The molecule has 1 aliphatic heterocycles. The number of fused-ring (bicyclic) bond motifs is 1. The van der Waals surface area contributed by atoms with Crippen molar-refractivity contribution in [2.45, 2.75) is 13.8 Å². The first kappa shape index (κ1) is 27.7. The molecule has 198 valence electrons. The average molecular weight is 533 g/mol. The van der Waals surface area contributed by atoms with E-state index >= 15 is 0 Å². The summed E-state index contributed by atoms with van der Waals surface area (Å²) < 4.78 is 20.5. The number of ether oxygens (including phenoxy) is 4. The van der Waals surface area contributed by atoms with Crippen molar-refractivity contribution in [2.75, 3.05) is 39.5 Å². The average Bonchev–Trinajstić information content (AvgIpc) is 3.25. The third kappa shape index (κ3) is 6.85. The van der Waals surface area contributed by atoms with Crippen LogP contribution in [0.25, 0.3) is 0 Å². The number of nitrogens with two attached hydrogens (primary N) is 1. The van der Waals surface area contributed by atoms with Gasteiger partial charge in [0.25, 0.3) is 0 Å². The van der Waals surface area contributed by atoms with Gasteiger partial charge >= 0.3 is 11.9 Å². The number of phenolic OH excluding ortho intramolecular Hbond substituents is 1. The number of rotatable bonds is 12. The number of thiocarbonyl (C=S) groups is 1. The van der Waals surface area contributed by atoms with Crippen LogP contribution in [-0.4, -0.2) is 78.0 Å². The van der Waals surface area contributed by atoms with Crippen LogP contribution in [0.15, 0.2) is 36.1 Å². The van der Waals surface area contributed by atoms with Gasteiger partial charge in [0.1, 0.15) is 5.75 Å². The minimum atomic E-state index is -0.654. The van der Waals surface area contributed by atoms with E-state index in [-0.39, 0.29) is 54.1 Å². The Balaban J connectivity index is 1.77. The van der Waals surface area contributed by atoms with E-state index in [0.717, 1.165) is 11.6 Å². The highest BCUT2D eigenvalue weighted by Crippen LogP contribution is 2.36. The molecule has 0 fully saturated rings. The Morgan fingerprint density at radius 2 is 1.68 bits per heavy atom. The van der Waals surface area contributed by atoms with Crippen LogP contribution in [0.4, 0.5) is 0 Å². The Kier molecular flexibility index (Phi) is 9.23. The molecule has 3 rings (SSSR count). The second-order valence-corrected chi connectivity index (χ2v) is 8.65. The van der Waals surface area contributed by atoms with Crippen LogP contribution in [0.5, 0.6) is 17.2 Å². The molecular weight excluding hydrogens is 504 g/mol. The Morgan fingerprint density at radius 3 is 2.24 bits per heavy atom. The molecule has 0 saturated carbocycles. The van der Waals surface area contributed by atoms with Crippen LogP contribution in [0.1, 0.15) is 24.2 Å². The molecule has 0 aromatic heterocycles. The number of benzene rings is 1. The SMILES string of the molecule is CCOC(=O)COc1cc(O)c(C(=O)CN2C=C3C=CC(C(N)=S)C(=O)C3C2)cc1OCC(=O)OCC. The Morgan fingerprint density at radius 1 is 1.08 bits per heavy atom. The smallest absolute Gasteiger partial charge is 0.344 e. The zero-order valence-electron chi connectivity index (χ0n) is 20.4. The molecule has 0 bridgehead atoms. The molecular formula is C25H28N2O9S. The van der Waals surface area contributed by atoms with Gasteiger partial charge in [0.05, 0.1) is 42.1 Å². The molecule has 11 nitrogen and oxygen atoms in total. The van der Waals surface area contributed by atoms with Gasteiger partial charge in [-0.05, 0) is 25.5 Å². The van der Waals surface area contributed by atoms with Crippen molar-refractivity contribution in [3.63, 3.8) is 0 Å². The van der Waals surface area contributed by atoms with Crippen molar-refractivity contribution in [1.29, 1.82) is 0 Å². The summed E-state index contributed by atoms with van der Waals surface area (Å²) in [4.78, 5) is 51.0. The van der Waals surface area contributed by atoms with Gasteiger partial charge in [0.15, 0.2) is 36.3 Å². The van der Waals surface area contributed by atoms with Crippen molar-refractivity contribution in [3.05, 3.63) is 41.6 Å². The largest absolute Gasteiger partial charge is 0.507 e. The maximum atomic E-state index is 13.1. The number of phenols is 1. The summed E-state index contributed by atoms with van der Waals surface area (Å²) in [6.45, 7) is 2.73. The summed E-state index contributed by atoms with van der Waals surface area (Å²) in [6, 6.07) is 2.34. The molecule has 2 aliphatic rings. The minimum absolute atomic E-state index is 0.0515. The molecule has 2 unspecified atom stereocenters. The van der Waals surface area contributed by atoms with Crippen LogP contribution in [-0.2, 0) is 23.9 Å². The highest BCUT2D eigenvalue weighted by Gasteiger charge is 2.37. The Hall–Kier alpha value is -3.93. The highest BCUT2D eigenvalue weighted by molar-refractivity contribution is 7.80. The van der Waals surface area contributed by atoms with Gasteiger partial charge in [0, 0.05) is 18.8 Å². The molecule has 0 saturated heterocycles. The fourth-order valence-electron chi connectivity index (χ4n) is 3.92. The molecule has 1 aliphatic carbocycles.